The fraction of sp³-hybridized carbons (Fsp3) is 0.882. The number of alkyl carbamates (subject to hydrolysis) is 2. The van der Waals surface area contributed by atoms with Gasteiger partial charge >= 0.3 is 12.2 Å². The Morgan fingerprint density at radius 2 is 1.79 bits per heavy atom. The molecule has 1 rings (SSSR count). The van der Waals surface area contributed by atoms with E-state index in [1.807, 2.05) is 6.92 Å². The lowest BCUT2D eigenvalue weighted by Gasteiger charge is -2.46. The average molecular weight is 346 g/mol. The molecule has 0 bridgehead atoms. The Hall–Kier alpha value is -1.53. The van der Waals surface area contributed by atoms with Crippen molar-refractivity contribution < 1.29 is 23.5 Å². The minimum absolute atomic E-state index is 0.0139. The minimum Gasteiger partial charge on any atom is -0.450 e. The average Bonchev–Trinajstić information content (AvgIpc) is 2.47. The molecular weight excluding hydrogens is 315 g/mol. The van der Waals surface area contributed by atoms with Crippen LogP contribution in [-0.2, 0) is 9.47 Å². The van der Waals surface area contributed by atoms with Crippen molar-refractivity contribution in [2.75, 3.05) is 26.4 Å². The number of amides is 2. The number of rotatable bonds is 7. The van der Waals surface area contributed by atoms with Crippen LogP contribution in [0.1, 0.15) is 53.4 Å². The van der Waals surface area contributed by atoms with Gasteiger partial charge in [0.2, 0.25) is 0 Å². The van der Waals surface area contributed by atoms with Crippen LogP contribution >= 0.6 is 0 Å². The summed E-state index contributed by atoms with van der Waals surface area (Å²) in [7, 11) is 0. The molecule has 0 aromatic heterocycles. The highest BCUT2D eigenvalue weighted by Crippen LogP contribution is 2.45. The van der Waals surface area contributed by atoms with E-state index < -0.39 is 18.9 Å². The predicted molar refractivity (Wildman–Crippen MR) is 89.6 cm³/mol. The molecule has 1 aliphatic carbocycles. The minimum atomic E-state index is -0.689. The molecule has 140 valence electrons. The molecule has 2 amide bonds. The summed E-state index contributed by atoms with van der Waals surface area (Å²) in [5.74, 6) is 0. The number of ether oxygens (including phenoxy) is 2. The SMILES string of the molecule is CCCOC(=O)NCC1(C)CC(NC(=O)OCCF)CC(C)(C)C1. The van der Waals surface area contributed by atoms with E-state index in [4.69, 9.17) is 9.47 Å². The topological polar surface area (TPSA) is 76.7 Å². The molecule has 1 fully saturated rings. The Labute approximate surface area is 143 Å². The van der Waals surface area contributed by atoms with Crippen LogP contribution in [0.15, 0.2) is 0 Å². The van der Waals surface area contributed by atoms with E-state index in [1.54, 1.807) is 0 Å². The van der Waals surface area contributed by atoms with Gasteiger partial charge in [-0.1, -0.05) is 27.7 Å². The van der Waals surface area contributed by atoms with Crippen LogP contribution in [0.3, 0.4) is 0 Å². The molecule has 0 spiro atoms. The zero-order valence-electron chi connectivity index (χ0n) is 15.2. The molecule has 0 aromatic rings. The Morgan fingerprint density at radius 3 is 2.42 bits per heavy atom. The maximum Gasteiger partial charge on any atom is 0.407 e. The van der Waals surface area contributed by atoms with E-state index in [9.17, 15) is 14.0 Å². The molecule has 7 heteroatoms. The van der Waals surface area contributed by atoms with Crippen molar-refractivity contribution in [2.24, 2.45) is 10.8 Å². The maximum absolute atomic E-state index is 12.1. The van der Waals surface area contributed by atoms with Crippen molar-refractivity contribution in [3.63, 3.8) is 0 Å². The van der Waals surface area contributed by atoms with Gasteiger partial charge < -0.3 is 20.1 Å². The molecule has 2 N–H and O–H groups in total. The van der Waals surface area contributed by atoms with Gasteiger partial charge in [-0.15, -0.1) is 0 Å². The number of carbonyl (C=O) groups is 2. The number of alkyl halides is 1. The summed E-state index contributed by atoms with van der Waals surface area (Å²) in [5.41, 5.74) is -0.148. The molecule has 2 unspecified atom stereocenters. The van der Waals surface area contributed by atoms with Crippen LogP contribution in [0.25, 0.3) is 0 Å². The van der Waals surface area contributed by atoms with Gasteiger partial charge in [0, 0.05) is 12.6 Å². The molecule has 1 saturated carbocycles. The lowest BCUT2D eigenvalue weighted by molar-refractivity contribution is 0.0617. The van der Waals surface area contributed by atoms with Gasteiger partial charge in [0.25, 0.3) is 0 Å². The Kier molecular flexibility index (Phi) is 7.76. The van der Waals surface area contributed by atoms with Crippen molar-refractivity contribution >= 4 is 12.2 Å². The quantitative estimate of drug-likeness (QED) is 0.741. The van der Waals surface area contributed by atoms with E-state index >= 15 is 0 Å². The van der Waals surface area contributed by atoms with Crippen LogP contribution < -0.4 is 10.6 Å². The molecule has 0 heterocycles. The van der Waals surface area contributed by atoms with Gasteiger partial charge in [0.15, 0.2) is 0 Å². The third kappa shape index (κ3) is 7.36. The fourth-order valence-corrected chi connectivity index (χ4v) is 3.74. The molecule has 1 aliphatic rings. The molecular formula is C17H31FN2O4. The highest BCUT2D eigenvalue weighted by Gasteiger charge is 2.42. The molecule has 24 heavy (non-hydrogen) atoms. The Bertz CT molecular complexity index is 431. The van der Waals surface area contributed by atoms with E-state index in [-0.39, 0.29) is 23.5 Å². The normalized spacial score (nSPS) is 25.6. The summed E-state index contributed by atoms with van der Waals surface area (Å²) >= 11 is 0. The van der Waals surface area contributed by atoms with Crippen LogP contribution in [0.5, 0.6) is 0 Å². The first kappa shape index (κ1) is 20.5. The maximum atomic E-state index is 12.1. The number of hydrogen-bond donors (Lipinski definition) is 2. The molecule has 0 radical (unpaired) electrons. The third-order valence-corrected chi connectivity index (χ3v) is 4.17. The summed E-state index contributed by atoms with van der Waals surface area (Å²) in [5, 5.41) is 5.63. The van der Waals surface area contributed by atoms with Gasteiger partial charge in [-0.25, -0.2) is 14.0 Å². The number of carbonyl (C=O) groups excluding carboxylic acids is 2. The van der Waals surface area contributed by atoms with Gasteiger partial charge in [0.05, 0.1) is 6.61 Å². The Balaban J connectivity index is 2.59. The van der Waals surface area contributed by atoms with E-state index in [0.717, 1.165) is 25.7 Å². The van der Waals surface area contributed by atoms with Crippen LogP contribution in [-0.4, -0.2) is 44.7 Å². The van der Waals surface area contributed by atoms with Crippen molar-refractivity contribution in [3.8, 4) is 0 Å². The highest BCUT2D eigenvalue weighted by atomic mass is 19.1. The zero-order valence-corrected chi connectivity index (χ0v) is 15.2. The monoisotopic (exact) mass is 346 g/mol. The van der Waals surface area contributed by atoms with Crippen molar-refractivity contribution in [3.05, 3.63) is 0 Å². The predicted octanol–water partition coefficient (Wildman–Crippen LogP) is 3.40. The van der Waals surface area contributed by atoms with E-state index in [0.29, 0.717) is 13.2 Å². The zero-order chi connectivity index (χ0) is 18.2. The molecule has 0 aromatic carbocycles. The second-order valence-corrected chi connectivity index (χ2v) is 7.72. The summed E-state index contributed by atoms with van der Waals surface area (Å²) in [4.78, 5) is 23.4. The fourth-order valence-electron chi connectivity index (χ4n) is 3.74. The summed E-state index contributed by atoms with van der Waals surface area (Å²) in [6.07, 6.45) is 2.24. The van der Waals surface area contributed by atoms with Gasteiger partial charge in [-0.05, 0) is 36.5 Å². The van der Waals surface area contributed by atoms with Gasteiger partial charge in [-0.2, -0.15) is 0 Å². The lowest BCUT2D eigenvalue weighted by Crippen LogP contribution is -2.50. The second kappa shape index (κ2) is 9.08. The standard InChI is InChI=1S/C17H31FN2O4/c1-5-7-23-14(21)19-12-17(4)10-13(9-16(2,3)11-17)20-15(22)24-8-6-18/h13H,5-12H2,1-4H3,(H,19,21)(H,20,22). The first-order valence-corrected chi connectivity index (χ1v) is 8.59. The van der Waals surface area contributed by atoms with E-state index in [1.165, 1.54) is 0 Å². The lowest BCUT2D eigenvalue weighted by atomic mass is 9.62. The summed E-state index contributed by atoms with van der Waals surface area (Å²) < 4.78 is 21.9. The van der Waals surface area contributed by atoms with Crippen LogP contribution in [0, 0.1) is 10.8 Å². The molecule has 0 aliphatic heterocycles. The molecule has 2 atom stereocenters. The first-order valence-electron chi connectivity index (χ1n) is 8.59. The number of halogens is 1. The largest absolute Gasteiger partial charge is 0.450 e. The Morgan fingerprint density at radius 1 is 1.12 bits per heavy atom. The van der Waals surface area contributed by atoms with E-state index in [2.05, 4.69) is 31.4 Å². The van der Waals surface area contributed by atoms with Crippen molar-refractivity contribution in [1.29, 1.82) is 0 Å². The number of nitrogens with one attached hydrogen (secondary N) is 2. The van der Waals surface area contributed by atoms with Gasteiger partial charge in [-0.3, -0.25) is 0 Å². The van der Waals surface area contributed by atoms with Crippen LogP contribution in [0.4, 0.5) is 14.0 Å². The third-order valence-electron chi connectivity index (χ3n) is 4.17. The second-order valence-electron chi connectivity index (χ2n) is 7.72. The highest BCUT2D eigenvalue weighted by molar-refractivity contribution is 5.68. The van der Waals surface area contributed by atoms with Gasteiger partial charge in [0.1, 0.15) is 13.3 Å². The smallest absolute Gasteiger partial charge is 0.407 e. The first-order chi connectivity index (χ1) is 11.2. The van der Waals surface area contributed by atoms with Crippen molar-refractivity contribution in [2.45, 2.75) is 59.4 Å². The molecule has 6 nitrogen and oxygen atoms in total. The summed E-state index contributed by atoms with van der Waals surface area (Å²) in [6, 6.07) is -0.0701. The van der Waals surface area contributed by atoms with Crippen LogP contribution in [0.2, 0.25) is 0 Å². The molecule has 0 saturated heterocycles. The van der Waals surface area contributed by atoms with Crippen molar-refractivity contribution in [1.82, 2.24) is 10.6 Å². The number of hydrogen-bond acceptors (Lipinski definition) is 4. The summed E-state index contributed by atoms with van der Waals surface area (Å²) in [6.45, 7) is 8.28.